The van der Waals surface area contributed by atoms with E-state index in [9.17, 15) is 9.65 Å². The number of halogens is 1. The summed E-state index contributed by atoms with van der Waals surface area (Å²) in [4.78, 5) is 8.48. The van der Waals surface area contributed by atoms with Gasteiger partial charge in [0.1, 0.15) is 5.69 Å². The highest BCUT2D eigenvalue weighted by Crippen LogP contribution is 2.29. The predicted octanol–water partition coefficient (Wildman–Crippen LogP) is 3.30. The minimum Gasteiger partial charge on any atom is -0.478 e. The predicted molar refractivity (Wildman–Crippen MR) is 117 cm³/mol. The topological polar surface area (TPSA) is 106 Å². The molecule has 5 rings (SSSR count). The fraction of sp³-hybridized carbons (Fsp3) is 0.273. The van der Waals surface area contributed by atoms with Crippen molar-refractivity contribution >= 4 is 22.5 Å². The number of benzene rings is 1. The molecule has 3 aromatic heterocycles. The van der Waals surface area contributed by atoms with Crippen molar-refractivity contribution in [3.63, 3.8) is 0 Å². The number of hydrogen-bond acceptors (Lipinski definition) is 7. The van der Waals surface area contributed by atoms with Crippen molar-refractivity contribution in [2.24, 2.45) is 0 Å². The van der Waals surface area contributed by atoms with E-state index in [2.05, 4.69) is 31.8 Å². The molecule has 32 heavy (non-hydrogen) atoms. The van der Waals surface area contributed by atoms with Crippen LogP contribution in [0.4, 0.5) is 16.0 Å². The number of fused-ring (bicyclic) bond motifs is 1. The maximum atomic E-state index is 14.7. The van der Waals surface area contributed by atoms with Gasteiger partial charge in [-0.3, -0.25) is 9.25 Å². The SMILES string of the molecule is COc1nn([C@H]2CCCNC2)cc1Nc1ncc(F)c(-n2ccc3c(C#N)cccc32)n1. The molecule has 4 aromatic rings. The molecule has 1 aliphatic rings. The van der Waals surface area contributed by atoms with Crippen LogP contribution in [-0.2, 0) is 0 Å². The van der Waals surface area contributed by atoms with Gasteiger partial charge in [0.05, 0.1) is 42.7 Å². The molecule has 1 atom stereocenters. The zero-order chi connectivity index (χ0) is 22.1. The van der Waals surface area contributed by atoms with Crippen LogP contribution < -0.4 is 15.4 Å². The van der Waals surface area contributed by atoms with E-state index in [0.717, 1.165) is 37.5 Å². The summed E-state index contributed by atoms with van der Waals surface area (Å²) in [6.45, 7) is 1.85. The Balaban J connectivity index is 1.49. The van der Waals surface area contributed by atoms with Crippen molar-refractivity contribution in [2.75, 3.05) is 25.5 Å². The number of nitrogens with zero attached hydrogens (tertiary/aromatic N) is 6. The number of piperidine rings is 1. The summed E-state index contributed by atoms with van der Waals surface area (Å²) in [5, 5.41) is 21.1. The number of rotatable bonds is 5. The van der Waals surface area contributed by atoms with Crippen LogP contribution in [0.2, 0.25) is 0 Å². The summed E-state index contributed by atoms with van der Waals surface area (Å²) in [6, 6.07) is 9.46. The van der Waals surface area contributed by atoms with Crippen LogP contribution in [0.5, 0.6) is 5.88 Å². The Kier molecular flexibility index (Phi) is 5.17. The molecule has 1 aromatic carbocycles. The van der Waals surface area contributed by atoms with Crippen LogP contribution in [0.3, 0.4) is 0 Å². The molecule has 0 amide bonds. The van der Waals surface area contributed by atoms with Gasteiger partial charge in [0.2, 0.25) is 5.95 Å². The second kappa shape index (κ2) is 8.28. The molecule has 9 nitrogen and oxygen atoms in total. The van der Waals surface area contributed by atoms with Crippen molar-refractivity contribution in [1.29, 1.82) is 5.26 Å². The third kappa shape index (κ3) is 3.52. The molecule has 4 heterocycles. The molecule has 2 N–H and O–H groups in total. The number of aromatic nitrogens is 5. The first-order valence-corrected chi connectivity index (χ1v) is 10.3. The number of nitrogens with one attached hydrogen (secondary N) is 2. The lowest BCUT2D eigenvalue weighted by atomic mass is 10.1. The molecule has 0 unspecified atom stereocenters. The number of anilines is 2. The van der Waals surface area contributed by atoms with Crippen LogP contribution in [0.1, 0.15) is 24.4 Å². The molecule has 10 heteroatoms. The average molecular weight is 432 g/mol. The Labute approximate surface area is 183 Å². The Hall–Kier alpha value is -3.97. The minimum atomic E-state index is -0.577. The molecular formula is C22H21FN8O. The normalized spacial score (nSPS) is 16.1. The van der Waals surface area contributed by atoms with Gasteiger partial charge in [-0.1, -0.05) is 6.07 Å². The minimum absolute atomic E-state index is 0.0791. The summed E-state index contributed by atoms with van der Waals surface area (Å²) < 4.78 is 23.6. The number of nitriles is 1. The van der Waals surface area contributed by atoms with E-state index in [4.69, 9.17) is 4.74 Å². The quantitative estimate of drug-likeness (QED) is 0.498. The lowest BCUT2D eigenvalue weighted by molar-refractivity contribution is 0.330. The third-order valence-corrected chi connectivity index (χ3v) is 5.59. The van der Waals surface area contributed by atoms with Crippen molar-refractivity contribution < 1.29 is 9.13 Å². The molecule has 0 bridgehead atoms. The van der Waals surface area contributed by atoms with E-state index in [1.807, 2.05) is 16.9 Å². The number of methoxy groups -OCH3 is 1. The van der Waals surface area contributed by atoms with Gasteiger partial charge in [-0.2, -0.15) is 10.2 Å². The van der Waals surface area contributed by atoms with E-state index in [0.29, 0.717) is 22.6 Å². The van der Waals surface area contributed by atoms with Crippen molar-refractivity contribution in [2.45, 2.75) is 18.9 Å². The molecule has 162 valence electrons. The van der Waals surface area contributed by atoms with E-state index in [1.54, 1.807) is 36.1 Å². The summed E-state index contributed by atoms with van der Waals surface area (Å²) >= 11 is 0. The lowest BCUT2D eigenvalue weighted by Crippen LogP contribution is -2.31. The Morgan fingerprint density at radius 2 is 2.25 bits per heavy atom. The fourth-order valence-corrected chi connectivity index (χ4v) is 4.02. The molecule has 0 aliphatic carbocycles. The maximum Gasteiger partial charge on any atom is 0.256 e. The Bertz CT molecular complexity index is 1320. The Morgan fingerprint density at radius 1 is 1.34 bits per heavy atom. The highest BCUT2D eigenvalue weighted by Gasteiger charge is 2.20. The van der Waals surface area contributed by atoms with Gasteiger partial charge in [-0.25, -0.2) is 9.37 Å². The van der Waals surface area contributed by atoms with Crippen LogP contribution in [0.15, 0.2) is 42.9 Å². The van der Waals surface area contributed by atoms with Gasteiger partial charge in [-0.05, 0) is 37.6 Å². The van der Waals surface area contributed by atoms with Crippen molar-refractivity contribution in [3.8, 4) is 17.8 Å². The molecule has 0 spiro atoms. The molecular weight excluding hydrogens is 411 g/mol. The van der Waals surface area contributed by atoms with Gasteiger partial charge in [0, 0.05) is 18.1 Å². The molecule has 0 saturated carbocycles. The van der Waals surface area contributed by atoms with Gasteiger partial charge < -0.3 is 15.4 Å². The van der Waals surface area contributed by atoms with Crippen LogP contribution >= 0.6 is 0 Å². The third-order valence-electron chi connectivity index (χ3n) is 5.59. The zero-order valence-electron chi connectivity index (χ0n) is 17.4. The molecule has 1 aliphatic heterocycles. The van der Waals surface area contributed by atoms with Gasteiger partial charge in [-0.15, -0.1) is 5.10 Å². The average Bonchev–Trinajstić information content (AvgIpc) is 3.45. The van der Waals surface area contributed by atoms with E-state index < -0.39 is 5.82 Å². The monoisotopic (exact) mass is 432 g/mol. The van der Waals surface area contributed by atoms with Gasteiger partial charge >= 0.3 is 0 Å². The van der Waals surface area contributed by atoms with Crippen LogP contribution in [0, 0.1) is 17.1 Å². The summed E-state index contributed by atoms with van der Waals surface area (Å²) in [6.07, 6.45) is 6.77. The van der Waals surface area contributed by atoms with Crippen molar-refractivity contribution in [1.82, 2.24) is 29.6 Å². The first kappa shape index (κ1) is 20.0. The van der Waals surface area contributed by atoms with Gasteiger partial charge in [0.15, 0.2) is 11.6 Å². The van der Waals surface area contributed by atoms with Gasteiger partial charge in [0.25, 0.3) is 5.88 Å². The second-order valence-corrected chi connectivity index (χ2v) is 7.56. The molecule has 1 fully saturated rings. The summed E-state index contributed by atoms with van der Waals surface area (Å²) in [5.74, 6) is 0.121. The second-order valence-electron chi connectivity index (χ2n) is 7.56. The zero-order valence-corrected chi connectivity index (χ0v) is 17.4. The maximum absolute atomic E-state index is 14.7. The van der Waals surface area contributed by atoms with E-state index in [1.165, 1.54) is 0 Å². The fourth-order valence-electron chi connectivity index (χ4n) is 4.02. The van der Waals surface area contributed by atoms with Crippen LogP contribution in [-0.4, -0.2) is 44.5 Å². The smallest absolute Gasteiger partial charge is 0.256 e. The molecule has 1 saturated heterocycles. The number of ether oxygens (including phenoxy) is 1. The highest BCUT2D eigenvalue weighted by molar-refractivity contribution is 5.87. The first-order chi connectivity index (χ1) is 15.7. The lowest BCUT2D eigenvalue weighted by Gasteiger charge is -2.22. The summed E-state index contributed by atoms with van der Waals surface area (Å²) in [5.41, 5.74) is 1.80. The van der Waals surface area contributed by atoms with Crippen LogP contribution in [0.25, 0.3) is 16.7 Å². The number of hydrogen-bond donors (Lipinski definition) is 2. The molecule has 0 radical (unpaired) electrons. The first-order valence-electron chi connectivity index (χ1n) is 10.3. The van der Waals surface area contributed by atoms with Crippen molar-refractivity contribution in [3.05, 3.63) is 54.2 Å². The highest BCUT2D eigenvalue weighted by atomic mass is 19.1. The standard InChI is InChI=1S/C22H21FN8O/c1-32-21-18(13-31(29-21)15-5-3-8-25-11-15)27-22-26-12-17(23)20(28-22)30-9-7-16-14(10-24)4-2-6-19(16)30/h2,4,6-7,9,12-13,15,25H,3,5,8,11H2,1H3,(H,26,27,28)/t15-/m0/s1. The van der Waals surface area contributed by atoms with E-state index >= 15 is 0 Å². The largest absolute Gasteiger partial charge is 0.478 e. The van der Waals surface area contributed by atoms with E-state index in [-0.39, 0.29) is 17.8 Å². The summed E-state index contributed by atoms with van der Waals surface area (Å²) in [7, 11) is 1.55. The Morgan fingerprint density at radius 3 is 3.03 bits per heavy atom.